The summed E-state index contributed by atoms with van der Waals surface area (Å²) < 4.78 is 1.83. The summed E-state index contributed by atoms with van der Waals surface area (Å²) in [6.45, 7) is 1.74. The van der Waals surface area contributed by atoms with Crippen LogP contribution < -0.4 is 15.8 Å². The summed E-state index contributed by atoms with van der Waals surface area (Å²) in [7, 11) is 1.94. The van der Waals surface area contributed by atoms with Gasteiger partial charge in [-0.25, -0.2) is 4.98 Å². The van der Waals surface area contributed by atoms with Crippen molar-refractivity contribution >= 4 is 5.82 Å². The summed E-state index contributed by atoms with van der Waals surface area (Å²) in [4.78, 5) is 18.4. The van der Waals surface area contributed by atoms with Crippen LogP contribution in [0.4, 0.5) is 5.82 Å². The first kappa shape index (κ1) is 11.7. The molecule has 18 heavy (non-hydrogen) atoms. The van der Waals surface area contributed by atoms with E-state index in [0.717, 1.165) is 25.9 Å². The van der Waals surface area contributed by atoms with Crippen molar-refractivity contribution in [1.82, 2.24) is 14.9 Å². The van der Waals surface area contributed by atoms with Gasteiger partial charge >= 0.3 is 0 Å². The number of rotatable bonds is 6. The number of nitrogens with zero attached hydrogens (tertiary/aromatic N) is 3. The van der Waals surface area contributed by atoms with Gasteiger partial charge in [-0.3, -0.25) is 4.79 Å². The van der Waals surface area contributed by atoms with E-state index < -0.39 is 0 Å². The van der Waals surface area contributed by atoms with Gasteiger partial charge in [0, 0.05) is 44.6 Å². The second kappa shape index (κ2) is 4.72. The maximum absolute atomic E-state index is 12.2. The zero-order chi connectivity index (χ0) is 12.5. The topological polar surface area (TPSA) is 50.2 Å². The minimum Gasteiger partial charge on any atom is -0.354 e. The highest BCUT2D eigenvalue weighted by molar-refractivity contribution is 5.34. The van der Waals surface area contributed by atoms with E-state index in [4.69, 9.17) is 0 Å². The molecular formula is C13H20N4O. The molecule has 5 heteroatoms. The van der Waals surface area contributed by atoms with E-state index in [1.165, 1.54) is 12.8 Å². The Morgan fingerprint density at radius 1 is 1.44 bits per heavy atom. The lowest BCUT2D eigenvalue weighted by molar-refractivity contribution is 0.658. The third kappa shape index (κ3) is 2.56. The molecular weight excluding hydrogens is 228 g/mol. The first-order chi connectivity index (χ1) is 8.75. The summed E-state index contributed by atoms with van der Waals surface area (Å²) in [5.41, 5.74) is 0.0499. The number of likely N-dealkylation sites (N-methyl/N-ethyl adjacent to an activating group) is 1. The molecule has 2 fully saturated rings. The Hall–Kier alpha value is -1.36. The van der Waals surface area contributed by atoms with Crippen molar-refractivity contribution in [2.24, 2.45) is 0 Å². The van der Waals surface area contributed by atoms with Crippen molar-refractivity contribution in [3.8, 4) is 0 Å². The lowest BCUT2D eigenvalue weighted by atomic mass is 10.4. The zero-order valence-electron chi connectivity index (χ0n) is 10.8. The van der Waals surface area contributed by atoms with E-state index in [1.807, 2.05) is 16.5 Å². The average Bonchev–Trinajstić information content (AvgIpc) is 3.23. The fourth-order valence-electron chi connectivity index (χ4n) is 2.15. The van der Waals surface area contributed by atoms with Crippen LogP contribution in [0.5, 0.6) is 0 Å². The summed E-state index contributed by atoms with van der Waals surface area (Å²) in [6, 6.07) is 1.13. The molecule has 98 valence electrons. The largest absolute Gasteiger partial charge is 0.354 e. The molecule has 1 aromatic heterocycles. The van der Waals surface area contributed by atoms with E-state index >= 15 is 0 Å². The van der Waals surface area contributed by atoms with Crippen LogP contribution in [0, 0.1) is 0 Å². The van der Waals surface area contributed by atoms with Crippen LogP contribution in [0.1, 0.15) is 31.7 Å². The highest BCUT2D eigenvalue weighted by Crippen LogP contribution is 2.33. The standard InChI is InChI=1S/C13H20N4O/c1-16(8-6-14-10-2-3-10)12-13(18)17(9-7-15-12)11-4-5-11/h7,9-11,14H,2-6,8H2,1H3. The van der Waals surface area contributed by atoms with Gasteiger partial charge in [0.25, 0.3) is 5.56 Å². The Morgan fingerprint density at radius 2 is 2.22 bits per heavy atom. The minimum absolute atomic E-state index is 0.0499. The van der Waals surface area contributed by atoms with Crippen molar-refractivity contribution < 1.29 is 0 Å². The van der Waals surface area contributed by atoms with Crippen LogP contribution in [0.2, 0.25) is 0 Å². The van der Waals surface area contributed by atoms with Gasteiger partial charge in [-0.2, -0.15) is 0 Å². The molecule has 0 bridgehead atoms. The normalized spacial score (nSPS) is 18.9. The molecule has 3 rings (SSSR count). The molecule has 0 radical (unpaired) electrons. The fraction of sp³-hybridized carbons (Fsp3) is 0.692. The van der Waals surface area contributed by atoms with Crippen molar-refractivity contribution in [2.45, 2.75) is 37.8 Å². The predicted octanol–water partition coefficient (Wildman–Crippen LogP) is 0.766. The lowest BCUT2D eigenvalue weighted by Gasteiger charge is -2.18. The molecule has 0 atom stereocenters. The van der Waals surface area contributed by atoms with Gasteiger partial charge < -0.3 is 14.8 Å². The van der Waals surface area contributed by atoms with E-state index in [0.29, 0.717) is 17.9 Å². The molecule has 0 spiro atoms. The van der Waals surface area contributed by atoms with E-state index in [9.17, 15) is 4.79 Å². The predicted molar refractivity (Wildman–Crippen MR) is 71.1 cm³/mol. The van der Waals surface area contributed by atoms with Crippen LogP contribution in [0.25, 0.3) is 0 Å². The van der Waals surface area contributed by atoms with Gasteiger partial charge in [0.15, 0.2) is 5.82 Å². The third-order valence-electron chi connectivity index (χ3n) is 3.61. The molecule has 0 aliphatic heterocycles. The van der Waals surface area contributed by atoms with Crippen molar-refractivity contribution in [1.29, 1.82) is 0 Å². The SMILES string of the molecule is CN(CCNC1CC1)c1nccn(C2CC2)c1=O. The van der Waals surface area contributed by atoms with Crippen molar-refractivity contribution in [3.63, 3.8) is 0 Å². The van der Waals surface area contributed by atoms with Crippen molar-refractivity contribution in [3.05, 3.63) is 22.7 Å². The maximum atomic E-state index is 12.2. The first-order valence-corrected chi connectivity index (χ1v) is 6.77. The first-order valence-electron chi connectivity index (χ1n) is 6.77. The molecule has 0 aromatic carbocycles. The molecule has 1 heterocycles. The molecule has 2 aliphatic carbocycles. The molecule has 0 unspecified atom stereocenters. The molecule has 1 N–H and O–H groups in total. The van der Waals surface area contributed by atoms with E-state index in [1.54, 1.807) is 12.4 Å². The van der Waals surface area contributed by atoms with Crippen LogP contribution in [-0.2, 0) is 0 Å². The Bertz CT molecular complexity index is 476. The minimum atomic E-state index is 0.0499. The quantitative estimate of drug-likeness (QED) is 0.808. The Labute approximate surface area is 107 Å². The Kier molecular flexibility index (Phi) is 3.07. The molecule has 5 nitrogen and oxygen atoms in total. The van der Waals surface area contributed by atoms with Crippen LogP contribution >= 0.6 is 0 Å². The van der Waals surface area contributed by atoms with Crippen LogP contribution in [0.15, 0.2) is 17.2 Å². The van der Waals surface area contributed by atoms with Crippen LogP contribution in [-0.4, -0.2) is 35.7 Å². The third-order valence-corrected chi connectivity index (χ3v) is 3.61. The second-order valence-corrected chi connectivity index (χ2v) is 5.34. The lowest BCUT2D eigenvalue weighted by Crippen LogP contribution is -2.35. The van der Waals surface area contributed by atoms with Crippen LogP contribution in [0.3, 0.4) is 0 Å². The smallest absolute Gasteiger partial charge is 0.293 e. The summed E-state index contributed by atoms with van der Waals surface area (Å²) in [5.74, 6) is 0.571. The number of nitrogens with one attached hydrogen (secondary N) is 1. The second-order valence-electron chi connectivity index (χ2n) is 5.34. The van der Waals surface area contributed by atoms with Crippen molar-refractivity contribution in [2.75, 3.05) is 25.0 Å². The number of hydrogen-bond donors (Lipinski definition) is 1. The summed E-state index contributed by atoms with van der Waals surface area (Å²) in [5, 5.41) is 3.45. The summed E-state index contributed by atoms with van der Waals surface area (Å²) >= 11 is 0. The monoisotopic (exact) mass is 248 g/mol. The van der Waals surface area contributed by atoms with Gasteiger partial charge in [0.05, 0.1) is 0 Å². The van der Waals surface area contributed by atoms with Gasteiger partial charge in [0.1, 0.15) is 0 Å². The fourth-order valence-corrected chi connectivity index (χ4v) is 2.15. The molecule has 2 saturated carbocycles. The van der Waals surface area contributed by atoms with E-state index in [-0.39, 0.29) is 5.56 Å². The van der Waals surface area contributed by atoms with Gasteiger partial charge in [0.2, 0.25) is 0 Å². The Morgan fingerprint density at radius 3 is 2.89 bits per heavy atom. The van der Waals surface area contributed by atoms with E-state index in [2.05, 4.69) is 10.3 Å². The number of hydrogen-bond acceptors (Lipinski definition) is 4. The molecule has 2 aliphatic rings. The van der Waals surface area contributed by atoms with Gasteiger partial charge in [-0.05, 0) is 25.7 Å². The highest BCUT2D eigenvalue weighted by Gasteiger charge is 2.26. The maximum Gasteiger partial charge on any atom is 0.293 e. The Balaban J connectivity index is 1.65. The zero-order valence-corrected chi connectivity index (χ0v) is 10.8. The number of aromatic nitrogens is 2. The van der Waals surface area contributed by atoms with Gasteiger partial charge in [-0.15, -0.1) is 0 Å². The molecule has 0 saturated heterocycles. The molecule has 0 amide bonds. The number of anilines is 1. The highest BCUT2D eigenvalue weighted by atomic mass is 16.1. The average molecular weight is 248 g/mol. The molecule has 1 aromatic rings. The van der Waals surface area contributed by atoms with Gasteiger partial charge in [-0.1, -0.05) is 0 Å². The summed E-state index contributed by atoms with van der Waals surface area (Å²) in [6.07, 6.45) is 8.37.